The highest BCUT2D eigenvalue weighted by Crippen LogP contribution is 2.35. The van der Waals surface area contributed by atoms with Crippen LogP contribution in [0.3, 0.4) is 0 Å². The van der Waals surface area contributed by atoms with Crippen LogP contribution in [0.1, 0.15) is 17.0 Å². The Labute approximate surface area is 165 Å². The van der Waals surface area contributed by atoms with Crippen molar-refractivity contribution in [3.63, 3.8) is 0 Å². The number of aryl methyl sites for hydroxylation is 2. The topological polar surface area (TPSA) is 76.5 Å². The highest BCUT2D eigenvalue weighted by Gasteiger charge is 2.27. The molecule has 0 unspecified atom stereocenters. The number of carbonyl (C=O) groups is 2. The van der Waals surface area contributed by atoms with E-state index in [1.807, 2.05) is 38.2 Å². The zero-order chi connectivity index (χ0) is 19.1. The summed E-state index contributed by atoms with van der Waals surface area (Å²) in [6.45, 7) is 2.31. The van der Waals surface area contributed by atoms with Gasteiger partial charge in [-0.3, -0.25) is 19.2 Å². The molecule has 0 bridgehead atoms. The van der Waals surface area contributed by atoms with Gasteiger partial charge in [0.2, 0.25) is 0 Å². The van der Waals surface area contributed by atoms with Crippen molar-refractivity contribution in [3.8, 4) is 5.75 Å². The van der Waals surface area contributed by atoms with Crippen molar-refractivity contribution in [2.45, 2.75) is 13.5 Å². The molecule has 1 saturated heterocycles. The second-order valence-corrected chi connectivity index (χ2v) is 7.97. The molecule has 138 valence electrons. The molecule has 1 N–H and O–H groups in total. The van der Waals surface area contributed by atoms with Crippen LogP contribution in [-0.4, -0.2) is 32.5 Å². The van der Waals surface area contributed by atoms with Crippen LogP contribution in [0.5, 0.6) is 5.75 Å². The van der Waals surface area contributed by atoms with Crippen LogP contribution in [-0.2, 0) is 23.2 Å². The number of aromatic nitrogens is 2. The quantitative estimate of drug-likeness (QED) is 0.628. The smallest absolute Gasteiger partial charge is 0.265 e. The van der Waals surface area contributed by atoms with E-state index >= 15 is 0 Å². The van der Waals surface area contributed by atoms with Gasteiger partial charge in [0.15, 0.2) is 6.61 Å². The summed E-state index contributed by atoms with van der Waals surface area (Å²) in [5.41, 5.74) is 3.28. The third-order valence-corrected chi connectivity index (χ3v) is 5.45. The van der Waals surface area contributed by atoms with Crippen molar-refractivity contribution in [1.29, 1.82) is 0 Å². The molecule has 2 aromatic rings. The Balaban J connectivity index is 1.69. The molecule has 7 nitrogen and oxygen atoms in total. The maximum absolute atomic E-state index is 12.5. The van der Waals surface area contributed by atoms with Crippen LogP contribution in [0.15, 0.2) is 29.2 Å². The molecule has 4 rings (SSSR count). The van der Waals surface area contributed by atoms with Gasteiger partial charge in [-0.05, 0) is 36.8 Å². The number of hydrogen-bond donors (Lipinski definition) is 1. The Morgan fingerprint density at radius 2 is 2.19 bits per heavy atom. The molecule has 1 aromatic heterocycles. The lowest BCUT2D eigenvalue weighted by Crippen LogP contribution is -2.38. The first kappa shape index (κ1) is 17.7. The predicted molar refractivity (Wildman–Crippen MR) is 107 cm³/mol. The Bertz CT molecular complexity index is 1010. The standard InChI is InChI=1S/C18H16N4O3S2/c1-10-5-12(21(2)20-10)8-22-13-6-11(3-4-14(13)25-9-16(22)23)7-15-17(24)19-18(26)27-15/h3-7H,8-9H2,1-2H3,(H,19,24,26). The van der Waals surface area contributed by atoms with Gasteiger partial charge in [0.05, 0.1) is 28.5 Å². The van der Waals surface area contributed by atoms with Crippen LogP contribution in [0.2, 0.25) is 0 Å². The molecule has 0 saturated carbocycles. The van der Waals surface area contributed by atoms with Crippen molar-refractivity contribution < 1.29 is 14.3 Å². The summed E-state index contributed by atoms with van der Waals surface area (Å²) in [5, 5.41) is 6.93. The molecule has 0 aliphatic carbocycles. The minimum Gasteiger partial charge on any atom is -0.482 e. The van der Waals surface area contributed by atoms with E-state index in [1.54, 1.807) is 15.7 Å². The molecule has 2 aliphatic heterocycles. The Morgan fingerprint density at radius 3 is 2.85 bits per heavy atom. The lowest BCUT2D eigenvalue weighted by atomic mass is 10.1. The molecule has 1 aromatic carbocycles. The van der Waals surface area contributed by atoms with E-state index in [2.05, 4.69) is 10.4 Å². The van der Waals surface area contributed by atoms with Crippen molar-refractivity contribution in [3.05, 3.63) is 46.1 Å². The zero-order valence-corrected chi connectivity index (χ0v) is 16.3. The van der Waals surface area contributed by atoms with Crippen LogP contribution >= 0.6 is 24.0 Å². The number of amides is 2. The highest BCUT2D eigenvalue weighted by molar-refractivity contribution is 8.26. The number of nitrogens with one attached hydrogen (secondary N) is 1. The summed E-state index contributed by atoms with van der Waals surface area (Å²) in [5.74, 6) is 0.298. The minimum absolute atomic E-state index is 0.00318. The van der Waals surface area contributed by atoms with E-state index in [9.17, 15) is 9.59 Å². The fourth-order valence-corrected chi connectivity index (χ4v) is 4.07. The maximum atomic E-state index is 12.5. The number of anilines is 1. The van der Waals surface area contributed by atoms with Crippen molar-refractivity contribution in [2.75, 3.05) is 11.5 Å². The lowest BCUT2D eigenvalue weighted by molar-refractivity contribution is -0.121. The number of hydrogen-bond acceptors (Lipinski definition) is 6. The van der Waals surface area contributed by atoms with Gasteiger partial charge in [0.1, 0.15) is 10.1 Å². The second-order valence-electron chi connectivity index (χ2n) is 6.25. The van der Waals surface area contributed by atoms with E-state index in [0.717, 1.165) is 17.0 Å². The lowest BCUT2D eigenvalue weighted by Gasteiger charge is -2.29. The number of thiocarbonyl (C=S) groups is 1. The summed E-state index contributed by atoms with van der Waals surface area (Å²) < 4.78 is 7.77. The normalized spacial score (nSPS) is 17.9. The predicted octanol–water partition coefficient (Wildman–Crippen LogP) is 2.14. The first-order valence-electron chi connectivity index (χ1n) is 8.22. The van der Waals surface area contributed by atoms with Crippen molar-refractivity contribution >= 4 is 51.9 Å². The number of thioether (sulfide) groups is 1. The average Bonchev–Trinajstić information content (AvgIpc) is 3.10. The van der Waals surface area contributed by atoms with Crippen LogP contribution in [0.4, 0.5) is 5.69 Å². The summed E-state index contributed by atoms with van der Waals surface area (Å²) in [6, 6.07) is 7.46. The van der Waals surface area contributed by atoms with Gasteiger partial charge in [0.25, 0.3) is 11.8 Å². The van der Waals surface area contributed by atoms with Gasteiger partial charge in [0, 0.05) is 7.05 Å². The molecule has 9 heteroatoms. The molecule has 2 amide bonds. The van der Waals surface area contributed by atoms with Crippen LogP contribution in [0.25, 0.3) is 6.08 Å². The molecule has 27 heavy (non-hydrogen) atoms. The number of benzene rings is 1. The van der Waals surface area contributed by atoms with Gasteiger partial charge in [-0.25, -0.2) is 0 Å². The van der Waals surface area contributed by atoms with Crippen LogP contribution < -0.4 is 15.0 Å². The van der Waals surface area contributed by atoms with Crippen molar-refractivity contribution in [1.82, 2.24) is 15.1 Å². The van der Waals surface area contributed by atoms with Gasteiger partial charge in [-0.1, -0.05) is 30.0 Å². The molecule has 0 spiro atoms. The average molecular weight is 400 g/mol. The fraction of sp³-hybridized carbons (Fsp3) is 0.222. The molecule has 0 atom stereocenters. The van der Waals surface area contributed by atoms with E-state index in [-0.39, 0.29) is 18.4 Å². The van der Waals surface area contributed by atoms with E-state index in [1.165, 1.54) is 11.8 Å². The number of fused-ring (bicyclic) bond motifs is 1. The Hall–Kier alpha value is -2.65. The third kappa shape index (κ3) is 3.47. The monoisotopic (exact) mass is 400 g/mol. The second kappa shape index (κ2) is 6.82. The first-order chi connectivity index (χ1) is 12.9. The van der Waals surface area contributed by atoms with Gasteiger partial charge >= 0.3 is 0 Å². The van der Waals surface area contributed by atoms with E-state index < -0.39 is 0 Å². The number of rotatable bonds is 3. The maximum Gasteiger partial charge on any atom is 0.265 e. The van der Waals surface area contributed by atoms with Crippen LogP contribution in [0, 0.1) is 6.92 Å². The molecule has 3 heterocycles. The Morgan fingerprint density at radius 1 is 1.37 bits per heavy atom. The minimum atomic E-state index is -0.211. The zero-order valence-electron chi connectivity index (χ0n) is 14.7. The molecular formula is C18H16N4O3S2. The molecule has 1 fully saturated rings. The summed E-state index contributed by atoms with van der Waals surface area (Å²) in [6.07, 6.45) is 1.76. The van der Waals surface area contributed by atoms with Crippen molar-refractivity contribution in [2.24, 2.45) is 7.05 Å². The largest absolute Gasteiger partial charge is 0.482 e. The first-order valence-corrected chi connectivity index (χ1v) is 9.45. The van der Waals surface area contributed by atoms with Gasteiger partial charge in [-0.15, -0.1) is 0 Å². The van der Waals surface area contributed by atoms with E-state index in [0.29, 0.717) is 27.2 Å². The molecule has 0 radical (unpaired) electrons. The molecular weight excluding hydrogens is 384 g/mol. The van der Waals surface area contributed by atoms with Gasteiger partial charge in [-0.2, -0.15) is 5.10 Å². The number of carbonyl (C=O) groups excluding carboxylic acids is 2. The summed E-state index contributed by atoms with van der Waals surface area (Å²) in [4.78, 5) is 26.6. The number of nitrogens with zero attached hydrogens (tertiary/aromatic N) is 3. The van der Waals surface area contributed by atoms with Gasteiger partial charge < -0.3 is 10.1 Å². The fourth-order valence-electron chi connectivity index (χ4n) is 3.03. The summed E-state index contributed by atoms with van der Waals surface area (Å²) >= 11 is 6.24. The van der Waals surface area contributed by atoms with E-state index in [4.69, 9.17) is 17.0 Å². The summed E-state index contributed by atoms with van der Waals surface area (Å²) in [7, 11) is 1.85. The Kier molecular flexibility index (Phi) is 4.48. The number of ether oxygens (including phenoxy) is 1. The highest BCUT2D eigenvalue weighted by atomic mass is 32.2. The third-order valence-electron chi connectivity index (χ3n) is 4.28. The SMILES string of the molecule is Cc1cc(CN2C(=O)COc3ccc(C=C4SC(=S)NC4=O)cc32)n(C)n1. The molecule has 2 aliphatic rings.